The number of amides is 1. The van der Waals surface area contributed by atoms with Gasteiger partial charge < -0.3 is 19.7 Å². The Balaban J connectivity index is 2.31. The second-order valence-corrected chi connectivity index (χ2v) is 7.74. The quantitative estimate of drug-likeness (QED) is 0.451. The van der Waals surface area contributed by atoms with E-state index in [0.29, 0.717) is 32.4 Å². The molecule has 3 N–H and O–H groups in total. The number of hydrogen-bond acceptors (Lipinski definition) is 6. The number of carbonyl (C=O) groups excluding carboxylic acids is 1. The average molecular weight is 528 g/mol. The number of nitrogens with one attached hydrogen (secondary N) is 1. The predicted molar refractivity (Wildman–Crippen MR) is 115 cm³/mol. The molecule has 2 aromatic rings. The number of nitriles is 1. The number of phenolic OH excluding ortho intramolecular Hbond substituents is 1. The highest BCUT2D eigenvalue weighted by Gasteiger charge is 2.31. The Morgan fingerprint density at radius 2 is 1.97 bits per heavy atom. The van der Waals surface area contributed by atoms with Gasteiger partial charge >= 0.3 is 6.09 Å². The van der Waals surface area contributed by atoms with E-state index in [9.17, 15) is 15.0 Å². The van der Waals surface area contributed by atoms with Crippen molar-refractivity contribution in [2.24, 2.45) is 0 Å². The molecule has 0 aliphatic carbocycles. The lowest BCUT2D eigenvalue weighted by atomic mass is 10.0. The first kappa shape index (κ1) is 23.2. The van der Waals surface area contributed by atoms with Crippen LogP contribution < -0.4 is 5.32 Å². The second-order valence-electron chi connectivity index (χ2n) is 5.97. The monoisotopic (exact) mass is 526 g/mol. The van der Waals surface area contributed by atoms with Gasteiger partial charge in [0.15, 0.2) is 6.10 Å². The van der Waals surface area contributed by atoms with Crippen molar-refractivity contribution in [3.05, 3.63) is 56.5 Å². The minimum atomic E-state index is -0.978. The highest BCUT2D eigenvalue weighted by Crippen LogP contribution is 2.39. The Morgan fingerprint density at radius 3 is 2.55 bits per heavy atom. The molecule has 7 nitrogen and oxygen atoms in total. The molecule has 1 amide bonds. The Hall–Kier alpha value is -2.12. The summed E-state index contributed by atoms with van der Waals surface area (Å²) < 4.78 is 12.4. The van der Waals surface area contributed by atoms with Gasteiger partial charge in [-0.05, 0) is 59.3 Å². The molecule has 0 aliphatic rings. The van der Waals surface area contributed by atoms with Gasteiger partial charge in [0, 0.05) is 35.4 Å². The maximum atomic E-state index is 12.5. The van der Waals surface area contributed by atoms with Gasteiger partial charge in [-0.15, -0.1) is 0 Å². The molecule has 2 atom stereocenters. The van der Waals surface area contributed by atoms with Crippen LogP contribution in [0.5, 0.6) is 5.75 Å². The van der Waals surface area contributed by atoms with Crippen LogP contribution in [-0.2, 0) is 9.47 Å². The number of benzene rings is 2. The first-order chi connectivity index (χ1) is 13.9. The van der Waals surface area contributed by atoms with Crippen molar-refractivity contribution >= 4 is 43.6 Å². The van der Waals surface area contributed by atoms with E-state index in [4.69, 9.17) is 14.7 Å². The van der Waals surface area contributed by atoms with Gasteiger partial charge in [0.2, 0.25) is 0 Å². The van der Waals surface area contributed by atoms with Crippen LogP contribution in [0, 0.1) is 11.3 Å². The number of hydrogen-bond donors (Lipinski definition) is 3. The fourth-order valence-electron chi connectivity index (χ4n) is 2.70. The number of nitrogens with zero attached hydrogens (tertiary/aromatic N) is 1. The molecule has 0 unspecified atom stereocenters. The highest BCUT2D eigenvalue weighted by molar-refractivity contribution is 9.11. The van der Waals surface area contributed by atoms with Crippen molar-refractivity contribution in [3.63, 3.8) is 0 Å². The predicted octanol–water partition coefficient (Wildman–Crippen LogP) is 4.87. The zero-order chi connectivity index (χ0) is 21.4. The molecule has 29 heavy (non-hydrogen) atoms. The summed E-state index contributed by atoms with van der Waals surface area (Å²) in [4.78, 5) is 12.5. The SMILES string of the molecule is CCO[C@@H](CCO)[C@@H](OC(=O)Nc1ccc(C#N)cc1)c1cc(Br)cc(Br)c1O. The molecule has 0 saturated heterocycles. The van der Waals surface area contributed by atoms with E-state index in [2.05, 4.69) is 37.2 Å². The van der Waals surface area contributed by atoms with E-state index in [0.717, 1.165) is 0 Å². The van der Waals surface area contributed by atoms with E-state index in [-0.39, 0.29) is 18.8 Å². The van der Waals surface area contributed by atoms with Gasteiger partial charge in [-0.2, -0.15) is 5.26 Å². The summed E-state index contributed by atoms with van der Waals surface area (Å²) in [6.07, 6.45) is -2.22. The Labute approximate surface area is 185 Å². The molecule has 0 saturated carbocycles. The van der Waals surface area contributed by atoms with Crippen molar-refractivity contribution in [2.45, 2.75) is 25.6 Å². The Morgan fingerprint density at radius 1 is 1.28 bits per heavy atom. The number of halogens is 2. The van der Waals surface area contributed by atoms with Crippen LogP contribution in [0.3, 0.4) is 0 Å². The molecule has 2 aromatic carbocycles. The van der Waals surface area contributed by atoms with E-state index in [1.165, 1.54) is 0 Å². The van der Waals surface area contributed by atoms with Gasteiger partial charge in [-0.25, -0.2) is 4.79 Å². The van der Waals surface area contributed by atoms with Crippen molar-refractivity contribution in [1.82, 2.24) is 0 Å². The smallest absolute Gasteiger partial charge is 0.412 e. The van der Waals surface area contributed by atoms with Crippen LogP contribution in [0.25, 0.3) is 0 Å². The van der Waals surface area contributed by atoms with Crippen LogP contribution in [-0.4, -0.2) is 35.6 Å². The number of rotatable bonds is 8. The Kier molecular flexibility index (Phi) is 8.92. The van der Waals surface area contributed by atoms with Crippen molar-refractivity contribution in [3.8, 4) is 11.8 Å². The molecule has 0 radical (unpaired) electrons. The van der Waals surface area contributed by atoms with Gasteiger partial charge in [-0.1, -0.05) is 15.9 Å². The normalized spacial score (nSPS) is 12.7. The van der Waals surface area contributed by atoms with Crippen molar-refractivity contribution < 1.29 is 24.5 Å². The maximum Gasteiger partial charge on any atom is 0.412 e. The third kappa shape index (κ3) is 6.44. The molecule has 0 aliphatic heterocycles. The van der Waals surface area contributed by atoms with Gasteiger partial charge in [0.1, 0.15) is 11.9 Å². The first-order valence-corrected chi connectivity index (χ1v) is 10.4. The summed E-state index contributed by atoms with van der Waals surface area (Å²) in [6, 6.07) is 11.6. The highest BCUT2D eigenvalue weighted by atomic mass is 79.9. The van der Waals surface area contributed by atoms with Crippen molar-refractivity contribution in [1.29, 1.82) is 5.26 Å². The average Bonchev–Trinajstić information content (AvgIpc) is 2.69. The lowest BCUT2D eigenvalue weighted by Crippen LogP contribution is -2.30. The van der Waals surface area contributed by atoms with Crippen molar-refractivity contribution in [2.75, 3.05) is 18.5 Å². The largest absolute Gasteiger partial charge is 0.506 e. The van der Waals surface area contributed by atoms with Crippen LogP contribution in [0.1, 0.15) is 30.6 Å². The summed E-state index contributed by atoms with van der Waals surface area (Å²) in [5.74, 6) is -0.0907. The van der Waals surface area contributed by atoms with Crippen LogP contribution >= 0.6 is 31.9 Å². The zero-order valence-corrected chi connectivity index (χ0v) is 18.7. The first-order valence-electron chi connectivity index (χ1n) is 8.77. The molecule has 9 heteroatoms. The summed E-state index contributed by atoms with van der Waals surface area (Å²) in [6.45, 7) is 1.93. The zero-order valence-electron chi connectivity index (χ0n) is 15.6. The van der Waals surface area contributed by atoms with Crippen LogP contribution in [0.4, 0.5) is 10.5 Å². The van der Waals surface area contributed by atoms with Gasteiger partial charge in [0.05, 0.1) is 16.1 Å². The molecule has 0 spiro atoms. The number of aliphatic hydroxyl groups is 1. The number of phenols is 1. The maximum absolute atomic E-state index is 12.5. The Bertz CT molecular complexity index is 878. The van der Waals surface area contributed by atoms with E-state index >= 15 is 0 Å². The molecule has 154 valence electrons. The summed E-state index contributed by atoms with van der Waals surface area (Å²) in [5.41, 5.74) is 1.24. The molecule has 0 aromatic heterocycles. The summed E-state index contributed by atoms with van der Waals surface area (Å²) >= 11 is 6.64. The number of aromatic hydroxyl groups is 1. The number of aliphatic hydroxyl groups excluding tert-OH is 1. The molecular formula is C20H20Br2N2O5. The van der Waals surface area contributed by atoms with Crippen LogP contribution in [0.15, 0.2) is 45.3 Å². The number of ether oxygens (including phenoxy) is 2. The summed E-state index contributed by atoms with van der Waals surface area (Å²) in [7, 11) is 0. The topological polar surface area (TPSA) is 112 Å². The lowest BCUT2D eigenvalue weighted by molar-refractivity contribution is -0.0491. The molecule has 0 bridgehead atoms. The summed E-state index contributed by atoms with van der Waals surface area (Å²) in [5, 5.41) is 31.4. The molecule has 0 fully saturated rings. The third-order valence-electron chi connectivity index (χ3n) is 3.99. The second kappa shape index (κ2) is 11.2. The fourth-order valence-corrected chi connectivity index (χ4v) is 3.95. The fraction of sp³-hybridized carbons (Fsp3) is 0.300. The minimum Gasteiger partial charge on any atom is -0.506 e. The van der Waals surface area contributed by atoms with E-state index in [1.807, 2.05) is 6.07 Å². The van der Waals surface area contributed by atoms with E-state index in [1.54, 1.807) is 43.3 Å². The molecular weight excluding hydrogens is 508 g/mol. The van der Waals surface area contributed by atoms with Crippen LogP contribution in [0.2, 0.25) is 0 Å². The van der Waals surface area contributed by atoms with Gasteiger partial charge in [0.25, 0.3) is 0 Å². The number of carbonyl (C=O) groups is 1. The van der Waals surface area contributed by atoms with Gasteiger partial charge in [-0.3, -0.25) is 5.32 Å². The minimum absolute atomic E-state index is 0.0907. The lowest BCUT2D eigenvalue weighted by Gasteiger charge is -2.28. The molecule has 0 heterocycles. The standard InChI is InChI=1S/C20H20Br2N2O5/c1-2-28-17(7-8-25)19(15-9-13(21)10-16(22)18(15)26)29-20(27)24-14-5-3-12(11-23)4-6-14/h3-6,9-10,17,19,25-26H,2,7-8H2,1H3,(H,24,27)/t17-,19-/m0/s1. The third-order valence-corrected chi connectivity index (χ3v) is 5.05. The molecule has 2 rings (SSSR count). The number of anilines is 1. The van der Waals surface area contributed by atoms with E-state index < -0.39 is 18.3 Å².